The van der Waals surface area contributed by atoms with Crippen molar-refractivity contribution in [3.8, 4) is 0 Å². The molecule has 0 N–H and O–H groups in total. The summed E-state index contributed by atoms with van der Waals surface area (Å²) < 4.78 is 40.1. The minimum Gasteiger partial charge on any atom is -0.369 e. The van der Waals surface area contributed by atoms with Crippen LogP contribution in [0.2, 0.25) is 0 Å². The van der Waals surface area contributed by atoms with Crippen molar-refractivity contribution in [2.24, 2.45) is 0 Å². The molecule has 10 heteroatoms. The van der Waals surface area contributed by atoms with Crippen LogP contribution in [-0.4, -0.2) is 45.7 Å². The Morgan fingerprint density at radius 3 is 2.61 bits per heavy atom. The molecule has 148 valence electrons. The molecule has 1 aliphatic rings. The van der Waals surface area contributed by atoms with Gasteiger partial charge in [0.25, 0.3) is 5.56 Å². The molecule has 4 rings (SSSR count). The number of rotatable bonds is 3. The summed E-state index contributed by atoms with van der Waals surface area (Å²) in [5.74, 6) is 0. The van der Waals surface area contributed by atoms with Crippen molar-refractivity contribution in [2.45, 2.75) is 19.6 Å². The van der Waals surface area contributed by atoms with Crippen LogP contribution in [0.25, 0.3) is 4.96 Å². The van der Waals surface area contributed by atoms with Crippen LogP contribution < -0.4 is 10.5 Å². The SMILES string of the molecule is Cc1cc(=O)n2nc(CN3CCN(c4cccc(C(F)(F)F)c4)CC3)sc2n1. The van der Waals surface area contributed by atoms with E-state index in [4.69, 9.17) is 0 Å². The van der Waals surface area contributed by atoms with Crippen LogP contribution in [0, 0.1) is 6.92 Å². The van der Waals surface area contributed by atoms with Crippen molar-refractivity contribution >= 4 is 22.0 Å². The predicted molar refractivity (Wildman–Crippen MR) is 101 cm³/mol. The first-order valence-corrected chi connectivity index (χ1v) is 9.62. The summed E-state index contributed by atoms with van der Waals surface area (Å²) in [6, 6.07) is 6.88. The highest BCUT2D eigenvalue weighted by atomic mass is 32.1. The zero-order valence-corrected chi connectivity index (χ0v) is 15.9. The van der Waals surface area contributed by atoms with E-state index < -0.39 is 11.7 Å². The lowest BCUT2D eigenvalue weighted by molar-refractivity contribution is -0.137. The maximum Gasteiger partial charge on any atom is 0.416 e. The third-order valence-electron chi connectivity index (χ3n) is 4.68. The van der Waals surface area contributed by atoms with Crippen molar-refractivity contribution in [1.29, 1.82) is 0 Å². The van der Waals surface area contributed by atoms with Crippen molar-refractivity contribution in [3.05, 3.63) is 57.0 Å². The van der Waals surface area contributed by atoms with Gasteiger partial charge in [0.05, 0.1) is 12.1 Å². The van der Waals surface area contributed by atoms with E-state index >= 15 is 0 Å². The van der Waals surface area contributed by atoms with Crippen LogP contribution in [0.3, 0.4) is 0 Å². The highest BCUT2D eigenvalue weighted by Gasteiger charge is 2.31. The number of fused-ring (bicyclic) bond motifs is 1. The van der Waals surface area contributed by atoms with E-state index in [1.165, 1.54) is 34.1 Å². The molecular weight excluding hydrogens is 391 g/mol. The van der Waals surface area contributed by atoms with Crippen LogP contribution in [0.4, 0.5) is 18.9 Å². The summed E-state index contributed by atoms with van der Waals surface area (Å²) >= 11 is 1.38. The molecule has 0 amide bonds. The van der Waals surface area contributed by atoms with Gasteiger partial charge in [-0.15, -0.1) is 0 Å². The molecule has 1 aliphatic heterocycles. The summed E-state index contributed by atoms with van der Waals surface area (Å²) in [7, 11) is 0. The summed E-state index contributed by atoms with van der Waals surface area (Å²) in [4.78, 5) is 21.0. The van der Waals surface area contributed by atoms with Gasteiger partial charge in [-0.25, -0.2) is 4.98 Å². The largest absolute Gasteiger partial charge is 0.416 e. The lowest BCUT2D eigenvalue weighted by Gasteiger charge is -2.35. The molecule has 3 aromatic rings. The summed E-state index contributed by atoms with van der Waals surface area (Å²) in [5, 5.41) is 5.14. The topological polar surface area (TPSA) is 53.7 Å². The summed E-state index contributed by atoms with van der Waals surface area (Å²) in [6.07, 6.45) is -4.34. The summed E-state index contributed by atoms with van der Waals surface area (Å²) in [5.41, 5.74) is 0.421. The average Bonchev–Trinajstić information content (AvgIpc) is 3.04. The molecule has 0 aliphatic carbocycles. The van der Waals surface area contributed by atoms with Crippen LogP contribution in [-0.2, 0) is 12.7 Å². The molecule has 6 nitrogen and oxygen atoms in total. The monoisotopic (exact) mass is 409 g/mol. The normalized spacial score (nSPS) is 16.1. The van der Waals surface area contributed by atoms with E-state index in [-0.39, 0.29) is 5.56 Å². The minimum absolute atomic E-state index is 0.195. The number of anilines is 1. The highest BCUT2D eigenvalue weighted by Crippen LogP contribution is 2.32. The van der Waals surface area contributed by atoms with Crippen molar-refractivity contribution in [1.82, 2.24) is 19.5 Å². The van der Waals surface area contributed by atoms with Gasteiger partial charge in [0.15, 0.2) is 0 Å². The number of hydrogen-bond donors (Lipinski definition) is 0. The van der Waals surface area contributed by atoms with E-state index in [1.54, 1.807) is 13.0 Å². The van der Waals surface area contributed by atoms with Gasteiger partial charge in [0, 0.05) is 43.6 Å². The van der Waals surface area contributed by atoms with Crippen molar-refractivity contribution in [3.63, 3.8) is 0 Å². The molecule has 3 heterocycles. The fourth-order valence-electron chi connectivity index (χ4n) is 3.26. The molecule has 0 atom stereocenters. The molecule has 1 fully saturated rings. The third-order valence-corrected chi connectivity index (χ3v) is 5.58. The Labute approximate surface area is 162 Å². The van der Waals surface area contributed by atoms with E-state index in [0.29, 0.717) is 49.1 Å². The second-order valence-electron chi connectivity index (χ2n) is 6.74. The fourth-order valence-corrected chi connectivity index (χ4v) is 4.25. The second kappa shape index (κ2) is 7.17. The second-order valence-corrected chi connectivity index (χ2v) is 7.78. The Hall–Kier alpha value is -2.46. The Morgan fingerprint density at radius 1 is 1.14 bits per heavy atom. The number of alkyl halides is 3. The maximum atomic E-state index is 12.9. The number of halogens is 3. The lowest BCUT2D eigenvalue weighted by atomic mass is 10.1. The first kappa shape index (κ1) is 18.9. The molecule has 1 saturated heterocycles. The molecule has 1 aromatic carbocycles. The van der Waals surface area contributed by atoms with Gasteiger partial charge >= 0.3 is 6.18 Å². The number of piperazine rings is 1. The third kappa shape index (κ3) is 3.88. The van der Waals surface area contributed by atoms with Crippen molar-refractivity contribution in [2.75, 3.05) is 31.1 Å². The Bertz CT molecular complexity index is 1050. The van der Waals surface area contributed by atoms with Crippen LogP contribution >= 0.6 is 11.3 Å². The zero-order chi connectivity index (χ0) is 19.9. The quantitative estimate of drug-likeness (QED) is 0.666. The van der Waals surface area contributed by atoms with Gasteiger partial charge in [-0.05, 0) is 25.1 Å². The number of benzene rings is 1. The maximum absolute atomic E-state index is 12.9. The first-order valence-electron chi connectivity index (χ1n) is 8.80. The molecule has 0 saturated carbocycles. The molecule has 0 bridgehead atoms. The molecule has 28 heavy (non-hydrogen) atoms. The van der Waals surface area contributed by atoms with Crippen LogP contribution in [0.5, 0.6) is 0 Å². The average molecular weight is 409 g/mol. The van der Waals surface area contributed by atoms with Crippen molar-refractivity contribution < 1.29 is 13.2 Å². The standard InChI is InChI=1S/C18H18F3N5OS/c1-12-9-16(27)26-17(22-12)28-15(23-26)11-24-5-7-25(8-6-24)14-4-2-3-13(10-14)18(19,20)21/h2-4,9-10H,5-8,11H2,1H3. The number of aryl methyl sites for hydroxylation is 1. The smallest absolute Gasteiger partial charge is 0.369 e. The van der Waals surface area contributed by atoms with Gasteiger partial charge in [0.1, 0.15) is 5.01 Å². The van der Waals surface area contributed by atoms with E-state index in [1.807, 2.05) is 4.90 Å². The molecule has 0 radical (unpaired) electrons. The molecule has 0 spiro atoms. The lowest BCUT2D eigenvalue weighted by Crippen LogP contribution is -2.46. The first-order chi connectivity index (χ1) is 13.3. The number of aromatic nitrogens is 3. The highest BCUT2D eigenvalue weighted by molar-refractivity contribution is 7.16. The number of nitrogens with zero attached hydrogens (tertiary/aromatic N) is 5. The van der Waals surface area contributed by atoms with Gasteiger partial charge in [0.2, 0.25) is 4.96 Å². The van der Waals surface area contributed by atoms with E-state index in [0.717, 1.165) is 11.1 Å². The zero-order valence-electron chi connectivity index (χ0n) is 15.1. The van der Waals surface area contributed by atoms with Gasteiger partial charge in [-0.2, -0.15) is 22.8 Å². The van der Waals surface area contributed by atoms with Crippen LogP contribution in [0.1, 0.15) is 16.3 Å². The fraction of sp³-hybridized carbons (Fsp3) is 0.389. The van der Waals surface area contributed by atoms with Crippen LogP contribution in [0.15, 0.2) is 35.1 Å². The molecular formula is C18H18F3N5OS. The molecule has 2 aromatic heterocycles. The van der Waals surface area contributed by atoms with Gasteiger partial charge in [-0.3, -0.25) is 9.69 Å². The van der Waals surface area contributed by atoms with Gasteiger partial charge < -0.3 is 4.90 Å². The Kier molecular flexibility index (Phi) is 4.84. The minimum atomic E-state index is -4.34. The van der Waals surface area contributed by atoms with Gasteiger partial charge in [-0.1, -0.05) is 17.4 Å². The van der Waals surface area contributed by atoms with E-state index in [9.17, 15) is 18.0 Å². The molecule has 0 unspecified atom stereocenters. The number of hydrogen-bond acceptors (Lipinski definition) is 6. The Morgan fingerprint density at radius 2 is 1.89 bits per heavy atom. The van der Waals surface area contributed by atoms with E-state index in [2.05, 4.69) is 15.0 Å². The Balaban J connectivity index is 1.42. The summed E-state index contributed by atoms with van der Waals surface area (Å²) in [6.45, 7) is 5.02. The predicted octanol–water partition coefficient (Wildman–Crippen LogP) is 2.80.